The van der Waals surface area contributed by atoms with E-state index in [0.29, 0.717) is 28.3 Å². The van der Waals surface area contributed by atoms with Gasteiger partial charge in [0.25, 0.3) is 11.4 Å². The molecular weight excluding hydrogens is 1070 g/mol. The summed E-state index contributed by atoms with van der Waals surface area (Å²) in [4.78, 5) is 4.85. The van der Waals surface area contributed by atoms with Gasteiger partial charge in [0.1, 0.15) is 23.1 Å². The second-order valence-corrected chi connectivity index (χ2v) is 23.0. The minimum atomic E-state index is -0.648. The van der Waals surface area contributed by atoms with Gasteiger partial charge in [-0.1, -0.05) is 154 Å². The number of aromatic nitrogens is 2. The summed E-state index contributed by atoms with van der Waals surface area (Å²) < 4.78 is 43.7. The van der Waals surface area contributed by atoms with E-state index in [1.54, 1.807) is 0 Å². The second-order valence-electron chi connectivity index (χ2n) is 23.0. The number of nitrogens with zero attached hydrogens (tertiary/aromatic N) is 4. The van der Waals surface area contributed by atoms with Crippen molar-refractivity contribution < 1.29 is 34.6 Å². The number of ether oxygens (including phenoxy) is 1. The Morgan fingerprint density at radius 3 is 1.69 bits per heavy atom. The number of pyridine rings is 1. The van der Waals surface area contributed by atoms with Crippen molar-refractivity contribution in [1.82, 2.24) is 18.7 Å². The molecule has 0 fully saturated rings. The maximum absolute atomic E-state index is 15.4. The van der Waals surface area contributed by atoms with Crippen LogP contribution in [0.3, 0.4) is 0 Å². The van der Waals surface area contributed by atoms with Crippen molar-refractivity contribution in [2.45, 2.75) is 105 Å². The summed E-state index contributed by atoms with van der Waals surface area (Å²) in [6, 6.07) is 56.4. The monoisotopic (exact) mass is 1130 g/mol. The molecule has 10 rings (SSSR count). The number of fused-ring (bicyclic) bond motifs is 4. The summed E-state index contributed by atoms with van der Waals surface area (Å²) in [5.74, 6) is 0.538. The predicted molar refractivity (Wildman–Crippen MR) is 289 cm³/mol. The molecule has 9 aromatic rings. The molecule has 5 nitrogen and oxygen atoms in total. The Morgan fingerprint density at radius 2 is 1.07 bits per heavy atom. The van der Waals surface area contributed by atoms with Gasteiger partial charge in [0.2, 0.25) is 5.69 Å². The SMILES string of the molecule is CC(C)(C)c1cc(-c2cc(C(C)(C)C)cc(-c3cc(F)cc(F)c3)c2[N+]2=C=[N+](c3[c-]c(Oc4[c-]c5c(cc4)c4ccccc4n5-c4cc(C(C)(C)C)ccn4)ccc3)c3ccccc32)cc(C(C)(C)C)c1.[Pt+2]. The van der Waals surface area contributed by atoms with Crippen LogP contribution >= 0.6 is 0 Å². The van der Waals surface area contributed by atoms with E-state index in [0.717, 1.165) is 67.4 Å². The first-order valence-electron chi connectivity index (χ1n) is 24.4. The summed E-state index contributed by atoms with van der Waals surface area (Å²) in [5.41, 5.74) is 11.9. The molecule has 0 aliphatic carbocycles. The Hall–Kier alpha value is -6.78. The van der Waals surface area contributed by atoms with Crippen LogP contribution in [0.2, 0.25) is 0 Å². The minimum Gasteiger partial charge on any atom is -0.509 e. The third kappa shape index (κ3) is 9.53. The van der Waals surface area contributed by atoms with Gasteiger partial charge in [-0.2, -0.15) is 12.1 Å². The molecule has 0 saturated carbocycles. The van der Waals surface area contributed by atoms with Gasteiger partial charge < -0.3 is 9.30 Å². The van der Waals surface area contributed by atoms with Gasteiger partial charge >= 0.3 is 27.1 Å². The number of benzene rings is 7. The van der Waals surface area contributed by atoms with Crippen molar-refractivity contribution in [2.75, 3.05) is 0 Å². The van der Waals surface area contributed by atoms with E-state index in [9.17, 15) is 0 Å². The predicted octanol–water partition coefficient (Wildman–Crippen LogP) is 17.2. The first kappa shape index (κ1) is 50.2. The molecule has 0 N–H and O–H groups in total. The first-order valence-corrected chi connectivity index (χ1v) is 24.4. The van der Waals surface area contributed by atoms with Gasteiger partial charge in [-0.25, -0.2) is 13.8 Å². The molecule has 1 aliphatic heterocycles. The third-order valence-corrected chi connectivity index (χ3v) is 13.5. The topological polar surface area (TPSA) is 33.1 Å². The van der Waals surface area contributed by atoms with Gasteiger partial charge in [-0.05, 0) is 107 Å². The minimum absolute atomic E-state index is 0. The molecule has 364 valence electrons. The molecule has 2 aromatic heterocycles. The zero-order chi connectivity index (χ0) is 50.4. The largest absolute Gasteiger partial charge is 2.00 e. The van der Waals surface area contributed by atoms with Gasteiger partial charge in [0.15, 0.2) is 0 Å². The van der Waals surface area contributed by atoms with E-state index in [2.05, 4.69) is 185 Å². The molecule has 1 aliphatic rings. The van der Waals surface area contributed by atoms with Crippen LogP contribution in [0, 0.1) is 23.8 Å². The number of rotatable bonds is 7. The van der Waals surface area contributed by atoms with Crippen LogP contribution in [-0.4, -0.2) is 15.6 Å². The molecule has 0 unspecified atom stereocenters. The number of hydrogen-bond donors (Lipinski definition) is 0. The average Bonchev–Trinajstić information content (AvgIpc) is 3.85. The summed E-state index contributed by atoms with van der Waals surface area (Å²) in [6.07, 6.45) is 1.88. The van der Waals surface area contributed by atoms with Gasteiger partial charge in [0.05, 0.1) is 11.1 Å². The van der Waals surface area contributed by atoms with Crippen LogP contribution < -0.4 is 13.9 Å². The van der Waals surface area contributed by atoms with E-state index in [-0.39, 0.29) is 42.7 Å². The van der Waals surface area contributed by atoms with Crippen LogP contribution in [0.15, 0.2) is 146 Å². The molecule has 0 radical (unpaired) electrons. The van der Waals surface area contributed by atoms with E-state index in [4.69, 9.17) is 9.72 Å². The third-order valence-electron chi connectivity index (χ3n) is 13.5. The van der Waals surface area contributed by atoms with E-state index >= 15 is 8.78 Å². The Bertz CT molecular complexity index is 3630. The van der Waals surface area contributed by atoms with E-state index in [1.807, 2.05) is 57.8 Å². The Labute approximate surface area is 437 Å². The average molecular weight is 1130 g/mol. The maximum atomic E-state index is 15.4. The normalized spacial score (nSPS) is 13.0. The van der Waals surface area contributed by atoms with Crippen LogP contribution in [0.25, 0.3) is 49.9 Å². The summed E-state index contributed by atoms with van der Waals surface area (Å²) in [7, 11) is 0. The number of para-hydroxylation sites is 3. The maximum Gasteiger partial charge on any atom is 2.00 e. The quantitative estimate of drug-likeness (QED) is 0.118. The van der Waals surface area contributed by atoms with Crippen molar-refractivity contribution in [3.8, 4) is 39.6 Å². The van der Waals surface area contributed by atoms with Crippen LogP contribution in [-0.2, 0) is 42.7 Å². The van der Waals surface area contributed by atoms with E-state index < -0.39 is 11.6 Å². The summed E-state index contributed by atoms with van der Waals surface area (Å²) in [6.45, 7) is 26.5. The van der Waals surface area contributed by atoms with Gasteiger partial charge in [-0.3, -0.25) is 0 Å². The number of hydrogen-bond acceptors (Lipinski definition) is 2. The van der Waals surface area contributed by atoms with Gasteiger partial charge in [0, 0.05) is 41.4 Å². The van der Waals surface area contributed by atoms with Crippen molar-refractivity contribution in [3.05, 3.63) is 192 Å². The fraction of sp³-hybridized carbons (Fsp3) is 0.250. The molecule has 8 heteroatoms. The molecule has 0 saturated heterocycles. The molecule has 0 atom stereocenters. The van der Waals surface area contributed by atoms with Gasteiger partial charge in [-0.15, -0.1) is 23.6 Å². The smallest absolute Gasteiger partial charge is 0.509 e. The molecule has 7 aromatic carbocycles. The standard InChI is InChI=1S/C64H60F2N4O.Pt/c1-61(2,3)42-26-27-67-59(35-42)70-55-21-14-13-20-51(55)52-25-24-50(38-58(52)70)71-49-19-17-18-48(37-49)68-39-69(57-23-16-15-22-56(57)68)60-53(40-28-43(62(4,5)6)32-44(29-40)63(7,8)9)33-45(64(10,11)12)34-54(60)41-30-46(65)36-47(66)31-41;/h13-36H,1-12H3;/q;+2. The molecule has 0 amide bonds. The Morgan fingerprint density at radius 1 is 0.514 bits per heavy atom. The van der Waals surface area contributed by atoms with Crippen molar-refractivity contribution in [1.29, 1.82) is 0 Å². The van der Waals surface area contributed by atoms with Crippen molar-refractivity contribution in [2.24, 2.45) is 0 Å². The van der Waals surface area contributed by atoms with Crippen LogP contribution in [0.5, 0.6) is 11.5 Å². The Kier molecular flexibility index (Phi) is 12.8. The van der Waals surface area contributed by atoms with Crippen LogP contribution in [0.1, 0.15) is 105 Å². The van der Waals surface area contributed by atoms with E-state index in [1.165, 1.54) is 28.8 Å². The zero-order valence-electron chi connectivity index (χ0n) is 43.1. The molecule has 0 bridgehead atoms. The summed E-state index contributed by atoms with van der Waals surface area (Å²) in [5, 5.41) is 2.14. The van der Waals surface area contributed by atoms with Crippen molar-refractivity contribution in [3.63, 3.8) is 0 Å². The molecule has 3 heterocycles. The summed E-state index contributed by atoms with van der Waals surface area (Å²) >= 11 is 0. The fourth-order valence-electron chi connectivity index (χ4n) is 9.43. The molecule has 72 heavy (non-hydrogen) atoms. The molecular formula is C64H60F2N4OPt+2. The molecule has 0 spiro atoms. The van der Waals surface area contributed by atoms with Crippen LogP contribution in [0.4, 0.5) is 31.5 Å². The first-order chi connectivity index (χ1) is 33.5. The Balaban J connectivity index is 0.00000640. The number of halogens is 2. The second kappa shape index (κ2) is 18.4. The van der Waals surface area contributed by atoms with Crippen molar-refractivity contribution >= 4 is 50.6 Å². The fourth-order valence-corrected chi connectivity index (χ4v) is 9.43. The zero-order valence-corrected chi connectivity index (χ0v) is 45.4.